The van der Waals surface area contributed by atoms with Crippen molar-refractivity contribution in [2.24, 2.45) is 0 Å². The number of carbonyl (C=O) groups is 1. The van der Waals surface area contributed by atoms with Gasteiger partial charge in [0.25, 0.3) is 0 Å². The van der Waals surface area contributed by atoms with Gasteiger partial charge in [-0.15, -0.1) is 0 Å². The van der Waals surface area contributed by atoms with Crippen LogP contribution < -0.4 is 4.74 Å². The summed E-state index contributed by atoms with van der Waals surface area (Å²) >= 11 is 6.02. The van der Waals surface area contributed by atoms with E-state index >= 15 is 0 Å². The van der Waals surface area contributed by atoms with Crippen LogP contribution in [0.1, 0.15) is 24.0 Å². The summed E-state index contributed by atoms with van der Waals surface area (Å²) in [5.41, 5.74) is 1.45. The lowest BCUT2D eigenvalue weighted by Crippen LogP contribution is -2.14. The Balaban J connectivity index is 2.42. The molecule has 0 radical (unpaired) electrons. The number of hydrogen-bond donors (Lipinski definition) is 1. The van der Waals surface area contributed by atoms with Crippen molar-refractivity contribution in [3.63, 3.8) is 0 Å². The van der Waals surface area contributed by atoms with Crippen molar-refractivity contribution in [2.75, 3.05) is 6.79 Å². The molecule has 1 atom stereocenters. The zero-order valence-electron chi connectivity index (χ0n) is 8.70. The van der Waals surface area contributed by atoms with E-state index < -0.39 is 11.9 Å². The van der Waals surface area contributed by atoms with Gasteiger partial charge in [0.1, 0.15) is 5.75 Å². The molecular weight excluding hydrogens is 232 g/mol. The first-order valence-electron chi connectivity index (χ1n) is 4.85. The SMILES string of the molecule is CC(C(=O)O)c1cc(Cl)c2c(c1)COCO2. The van der Waals surface area contributed by atoms with Gasteiger partial charge in [0, 0.05) is 5.56 Å². The number of fused-ring (bicyclic) bond motifs is 1. The molecule has 0 amide bonds. The fourth-order valence-corrected chi connectivity index (χ4v) is 1.89. The van der Waals surface area contributed by atoms with Crippen LogP contribution in [-0.2, 0) is 16.1 Å². The third kappa shape index (κ3) is 1.99. The minimum Gasteiger partial charge on any atom is -0.481 e. The molecule has 1 aromatic rings. The monoisotopic (exact) mass is 242 g/mol. The van der Waals surface area contributed by atoms with Gasteiger partial charge in [-0.25, -0.2) is 0 Å². The number of carboxylic acids is 1. The van der Waals surface area contributed by atoms with Gasteiger partial charge in [-0.1, -0.05) is 11.6 Å². The number of aliphatic carboxylic acids is 1. The lowest BCUT2D eigenvalue weighted by Gasteiger charge is -2.20. The molecule has 0 aliphatic carbocycles. The number of ether oxygens (including phenoxy) is 2. The van der Waals surface area contributed by atoms with Gasteiger partial charge in [0.2, 0.25) is 0 Å². The van der Waals surface area contributed by atoms with Crippen LogP contribution in [0.5, 0.6) is 5.75 Å². The highest BCUT2D eigenvalue weighted by Crippen LogP contribution is 2.35. The first-order chi connectivity index (χ1) is 7.59. The highest BCUT2D eigenvalue weighted by molar-refractivity contribution is 6.32. The Kier molecular flexibility index (Phi) is 3.03. The summed E-state index contributed by atoms with van der Waals surface area (Å²) in [5.74, 6) is -0.882. The van der Waals surface area contributed by atoms with E-state index in [1.54, 1.807) is 19.1 Å². The molecule has 86 valence electrons. The fourth-order valence-electron chi connectivity index (χ4n) is 1.59. The molecule has 0 fully saturated rings. The Labute approximate surface area is 97.7 Å². The fraction of sp³-hybridized carbons (Fsp3) is 0.364. The maximum atomic E-state index is 10.9. The third-order valence-corrected chi connectivity index (χ3v) is 2.84. The van der Waals surface area contributed by atoms with Gasteiger partial charge in [0.05, 0.1) is 17.5 Å². The van der Waals surface area contributed by atoms with Crippen molar-refractivity contribution < 1.29 is 19.4 Å². The van der Waals surface area contributed by atoms with E-state index in [4.69, 9.17) is 26.2 Å². The van der Waals surface area contributed by atoms with E-state index in [9.17, 15) is 4.79 Å². The maximum absolute atomic E-state index is 10.9. The molecule has 5 heteroatoms. The largest absolute Gasteiger partial charge is 0.481 e. The topological polar surface area (TPSA) is 55.8 Å². The van der Waals surface area contributed by atoms with Gasteiger partial charge < -0.3 is 14.6 Å². The van der Waals surface area contributed by atoms with Gasteiger partial charge in [-0.2, -0.15) is 0 Å². The summed E-state index contributed by atoms with van der Waals surface area (Å²) in [6.45, 7) is 2.20. The molecule has 1 unspecified atom stereocenters. The standard InChI is InChI=1S/C11H11ClO4/c1-6(11(13)14)7-2-8-4-15-5-16-10(8)9(12)3-7/h2-3,6H,4-5H2,1H3,(H,13,14). The van der Waals surface area contributed by atoms with Crippen molar-refractivity contribution in [1.29, 1.82) is 0 Å². The van der Waals surface area contributed by atoms with Crippen LogP contribution in [0, 0.1) is 0 Å². The second kappa shape index (κ2) is 4.31. The number of benzene rings is 1. The predicted octanol–water partition coefficient (Wildman–Crippen LogP) is 2.39. The molecule has 1 aliphatic rings. The molecule has 1 aliphatic heterocycles. The Hall–Kier alpha value is -1.26. The van der Waals surface area contributed by atoms with Crippen LogP contribution >= 0.6 is 11.6 Å². The number of hydrogen-bond acceptors (Lipinski definition) is 3. The second-order valence-corrected chi connectivity index (χ2v) is 4.07. The summed E-state index contributed by atoms with van der Waals surface area (Å²) in [7, 11) is 0. The van der Waals surface area contributed by atoms with E-state index in [1.165, 1.54) is 0 Å². The quantitative estimate of drug-likeness (QED) is 0.865. The van der Waals surface area contributed by atoms with E-state index in [0.717, 1.165) is 5.56 Å². The van der Waals surface area contributed by atoms with Gasteiger partial charge in [0.15, 0.2) is 6.79 Å². The highest BCUT2D eigenvalue weighted by atomic mass is 35.5. The molecule has 0 aromatic heterocycles. The average Bonchev–Trinajstić information content (AvgIpc) is 2.28. The summed E-state index contributed by atoms with van der Waals surface area (Å²) < 4.78 is 10.4. The van der Waals surface area contributed by atoms with E-state index in [-0.39, 0.29) is 6.79 Å². The van der Waals surface area contributed by atoms with Crippen molar-refractivity contribution in [2.45, 2.75) is 19.4 Å². The summed E-state index contributed by atoms with van der Waals surface area (Å²) in [5, 5.41) is 9.36. The average molecular weight is 243 g/mol. The number of carboxylic acid groups (broad SMARTS) is 1. The third-order valence-electron chi connectivity index (χ3n) is 2.56. The van der Waals surface area contributed by atoms with E-state index in [1.807, 2.05) is 0 Å². The van der Waals surface area contributed by atoms with Crippen LogP contribution in [0.3, 0.4) is 0 Å². The van der Waals surface area contributed by atoms with Crippen molar-refractivity contribution >= 4 is 17.6 Å². The first kappa shape index (κ1) is 11.2. The second-order valence-electron chi connectivity index (χ2n) is 3.66. The molecule has 0 bridgehead atoms. The molecule has 0 saturated heterocycles. The molecule has 4 nitrogen and oxygen atoms in total. The molecule has 2 rings (SSSR count). The van der Waals surface area contributed by atoms with Crippen molar-refractivity contribution in [3.05, 3.63) is 28.3 Å². The molecule has 0 saturated carbocycles. The lowest BCUT2D eigenvalue weighted by molar-refractivity contribution is -0.138. The van der Waals surface area contributed by atoms with Gasteiger partial charge >= 0.3 is 5.97 Å². The van der Waals surface area contributed by atoms with Crippen LogP contribution in [0.15, 0.2) is 12.1 Å². The highest BCUT2D eigenvalue weighted by Gasteiger charge is 2.20. The predicted molar refractivity (Wildman–Crippen MR) is 57.8 cm³/mol. The van der Waals surface area contributed by atoms with Crippen LogP contribution in [0.25, 0.3) is 0 Å². The zero-order valence-corrected chi connectivity index (χ0v) is 9.45. The molecule has 1 aromatic carbocycles. The molecule has 1 heterocycles. The molecule has 0 spiro atoms. The smallest absolute Gasteiger partial charge is 0.310 e. The van der Waals surface area contributed by atoms with Crippen LogP contribution in [0.2, 0.25) is 5.02 Å². The van der Waals surface area contributed by atoms with Gasteiger partial charge in [-0.3, -0.25) is 4.79 Å². The van der Waals surface area contributed by atoms with E-state index in [2.05, 4.69) is 0 Å². The lowest BCUT2D eigenvalue weighted by atomic mass is 9.98. The van der Waals surface area contributed by atoms with Crippen molar-refractivity contribution in [1.82, 2.24) is 0 Å². The first-order valence-corrected chi connectivity index (χ1v) is 5.23. The molecule has 1 N–H and O–H groups in total. The summed E-state index contributed by atoms with van der Waals surface area (Å²) in [6, 6.07) is 3.39. The van der Waals surface area contributed by atoms with Crippen LogP contribution in [0.4, 0.5) is 0 Å². The Morgan fingerprint density at radius 1 is 1.56 bits per heavy atom. The molecule has 16 heavy (non-hydrogen) atoms. The van der Waals surface area contributed by atoms with Gasteiger partial charge in [-0.05, 0) is 24.6 Å². The summed E-state index contributed by atoms with van der Waals surface area (Å²) in [4.78, 5) is 10.9. The maximum Gasteiger partial charge on any atom is 0.310 e. The Morgan fingerprint density at radius 3 is 3.00 bits per heavy atom. The number of rotatable bonds is 2. The Morgan fingerprint density at radius 2 is 2.31 bits per heavy atom. The number of halogens is 1. The minimum atomic E-state index is -0.881. The normalized spacial score (nSPS) is 16.1. The Bertz CT molecular complexity index is 430. The van der Waals surface area contributed by atoms with Crippen LogP contribution in [-0.4, -0.2) is 17.9 Å². The molecular formula is C11H11ClO4. The zero-order chi connectivity index (χ0) is 11.7. The minimum absolute atomic E-state index is 0.181. The van der Waals surface area contributed by atoms with Crippen molar-refractivity contribution in [3.8, 4) is 5.75 Å². The summed E-state index contributed by atoms with van der Waals surface area (Å²) in [6.07, 6.45) is 0. The van der Waals surface area contributed by atoms with E-state index in [0.29, 0.717) is 22.9 Å².